The van der Waals surface area contributed by atoms with Gasteiger partial charge in [-0.15, -0.1) is 0 Å². The average molecular weight is 379 g/mol. The van der Waals surface area contributed by atoms with Crippen molar-refractivity contribution < 1.29 is 13.5 Å². The number of hydrogen-bond acceptors (Lipinski definition) is 4. The van der Waals surface area contributed by atoms with Crippen LogP contribution in [0.15, 0.2) is 17.0 Å². The topological polar surface area (TPSA) is 60.9 Å². The molecule has 0 atom stereocenters. The van der Waals surface area contributed by atoms with Crippen molar-refractivity contribution in [3.63, 3.8) is 0 Å². The van der Waals surface area contributed by atoms with Crippen LogP contribution >= 0.6 is 23.2 Å². The molecule has 8 heteroatoms. The molecule has 1 N–H and O–H groups in total. The summed E-state index contributed by atoms with van der Waals surface area (Å²) in [7, 11) is -3.79. The lowest BCUT2D eigenvalue weighted by Crippen LogP contribution is -2.45. The summed E-state index contributed by atoms with van der Waals surface area (Å²) >= 11 is 11.7. The molecule has 1 aromatic rings. The molecule has 5 nitrogen and oxygen atoms in total. The lowest BCUT2D eigenvalue weighted by atomic mass is 10.1. The molecule has 2 aliphatic heterocycles. The molecular formula is C15H20Cl2N2O3S. The smallest absolute Gasteiger partial charge is 0.246 e. The van der Waals surface area contributed by atoms with Crippen molar-refractivity contribution in [3.05, 3.63) is 22.2 Å². The Morgan fingerprint density at radius 1 is 1.04 bits per heavy atom. The van der Waals surface area contributed by atoms with Gasteiger partial charge in [-0.25, -0.2) is 8.42 Å². The minimum absolute atomic E-state index is 0.0528. The van der Waals surface area contributed by atoms with E-state index in [9.17, 15) is 13.5 Å². The Bertz CT molecular complexity index is 682. The molecule has 0 saturated carbocycles. The molecule has 23 heavy (non-hydrogen) atoms. The van der Waals surface area contributed by atoms with Gasteiger partial charge in [0.2, 0.25) is 10.0 Å². The van der Waals surface area contributed by atoms with Crippen molar-refractivity contribution in [3.8, 4) is 5.75 Å². The number of rotatable bonds is 3. The number of phenolic OH excluding ortho intramolecular Hbond substituents is 1. The van der Waals surface area contributed by atoms with E-state index in [2.05, 4.69) is 4.90 Å². The maximum absolute atomic E-state index is 12.8. The number of hydrogen-bond donors (Lipinski definition) is 1. The Kier molecular flexibility index (Phi) is 5.09. The first-order valence-corrected chi connectivity index (χ1v) is 10.0. The highest BCUT2D eigenvalue weighted by Crippen LogP contribution is 2.36. The van der Waals surface area contributed by atoms with E-state index >= 15 is 0 Å². The molecule has 0 unspecified atom stereocenters. The number of benzene rings is 1. The second-order valence-electron chi connectivity index (χ2n) is 6.11. The molecule has 2 saturated heterocycles. The van der Waals surface area contributed by atoms with Crippen molar-refractivity contribution in [2.24, 2.45) is 0 Å². The highest BCUT2D eigenvalue weighted by atomic mass is 35.5. The zero-order chi connectivity index (χ0) is 16.6. The molecule has 0 aromatic heterocycles. The lowest BCUT2D eigenvalue weighted by Gasteiger charge is -2.36. The van der Waals surface area contributed by atoms with E-state index in [4.69, 9.17) is 23.2 Å². The molecule has 0 radical (unpaired) electrons. The van der Waals surface area contributed by atoms with E-state index in [1.807, 2.05) is 0 Å². The van der Waals surface area contributed by atoms with E-state index < -0.39 is 15.8 Å². The first-order valence-electron chi connectivity index (χ1n) is 7.82. The third-order valence-corrected chi connectivity index (χ3v) is 7.11. The van der Waals surface area contributed by atoms with Crippen LogP contribution in [0.5, 0.6) is 5.75 Å². The van der Waals surface area contributed by atoms with Crippen LogP contribution in [0.4, 0.5) is 0 Å². The molecular weight excluding hydrogens is 359 g/mol. The maximum Gasteiger partial charge on any atom is 0.246 e. The summed E-state index contributed by atoms with van der Waals surface area (Å²) in [5.41, 5.74) is 0. The normalized spacial score (nSPS) is 21.8. The quantitative estimate of drug-likeness (QED) is 0.877. The molecule has 1 aromatic carbocycles. The van der Waals surface area contributed by atoms with Gasteiger partial charge in [-0.1, -0.05) is 23.2 Å². The zero-order valence-electron chi connectivity index (χ0n) is 12.7. The van der Waals surface area contributed by atoms with Gasteiger partial charge in [-0.3, -0.25) is 0 Å². The van der Waals surface area contributed by atoms with Crippen LogP contribution in [-0.2, 0) is 10.0 Å². The second-order valence-corrected chi connectivity index (χ2v) is 8.86. The third-order valence-electron chi connectivity index (χ3n) is 4.69. The van der Waals surface area contributed by atoms with Crippen LogP contribution in [0.1, 0.15) is 25.7 Å². The molecule has 0 bridgehead atoms. The summed E-state index contributed by atoms with van der Waals surface area (Å²) < 4.78 is 27.0. The molecule has 2 heterocycles. The number of likely N-dealkylation sites (tertiary alicyclic amines) is 1. The minimum Gasteiger partial charge on any atom is -0.505 e. The van der Waals surface area contributed by atoms with E-state index in [0.29, 0.717) is 19.1 Å². The SMILES string of the molecule is O=S(=O)(c1cc(Cl)cc(Cl)c1O)N1CCC(N2CCCC2)CC1. The average Bonchev–Trinajstić information content (AvgIpc) is 3.05. The summed E-state index contributed by atoms with van der Waals surface area (Å²) in [6, 6.07) is 3.04. The van der Waals surface area contributed by atoms with Gasteiger partial charge >= 0.3 is 0 Å². The van der Waals surface area contributed by atoms with Crippen molar-refractivity contribution in [1.82, 2.24) is 9.21 Å². The summed E-state index contributed by atoms with van der Waals surface area (Å²) in [4.78, 5) is 2.24. The number of phenols is 1. The van der Waals surface area contributed by atoms with E-state index in [0.717, 1.165) is 25.9 Å². The summed E-state index contributed by atoms with van der Waals surface area (Å²) in [5.74, 6) is -0.433. The second kappa shape index (κ2) is 6.76. The fourth-order valence-electron chi connectivity index (χ4n) is 3.43. The molecule has 0 amide bonds. The Hall–Kier alpha value is -0.530. The number of sulfonamides is 1. The monoisotopic (exact) mass is 378 g/mol. The largest absolute Gasteiger partial charge is 0.505 e. The Labute approximate surface area is 146 Å². The molecule has 2 fully saturated rings. The van der Waals surface area contributed by atoms with Gasteiger partial charge in [0.1, 0.15) is 4.90 Å². The zero-order valence-corrected chi connectivity index (χ0v) is 15.0. The van der Waals surface area contributed by atoms with Gasteiger partial charge in [0, 0.05) is 24.2 Å². The number of halogens is 2. The first-order chi connectivity index (χ1) is 10.9. The lowest BCUT2D eigenvalue weighted by molar-refractivity contribution is 0.167. The van der Waals surface area contributed by atoms with Gasteiger partial charge in [0.05, 0.1) is 5.02 Å². The van der Waals surface area contributed by atoms with Gasteiger partial charge in [-0.05, 0) is 50.9 Å². The van der Waals surface area contributed by atoms with Crippen LogP contribution in [0.25, 0.3) is 0 Å². The van der Waals surface area contributed by atoms with Crippen LogP contribution in [0.3, 0.4) is 0 Å². The number of piperidine rings is 1. The predicted molar refractivity (Wildman–Crippen MR) is 90.7 cm³/mol. The summed E-state index contributed by atoms with van der Waals surface area (Å²) in [6.45, 7) is 3.13. The van der Waals surface area contributed by atoms with Crippen molar-refractivity contribution >= 4 is 33.2 Å². The summed E-state index contributed by atoms with van der Waals surface area (Å²) in [5, 5.41) is 10.1. The van der Waals surface area contributed by atoms with Gasteiger partial charge < -0.3 is 10.0 Å². The van der Waals surface area contributed by atoms with Gasteiger partial charge in [-0.2, -0.15) is 4.31 Å². The predicted octanol–water partition coefficient (Wildman–Crippen LogP) is 2.95. The van der Waals surface area contributed by atoms with E-state index in [1.165, 1.54) is 29.3 Å². The molecule has 3 rings (SSSR count). The summed E-state index contributed by atoms with van der Waals surface area (Å²) in [6.07, 6.45) is 4.09. The van der Waals surface area contributed by atoms with Gasteiger partial charge in [0.15, 0.2) is 5.75 Å². The third kappa shape index (κ3) is 3.46. The minimum atomic E-state index is -3.79. The first kappa shape index (κ1) is 17.3. The van der Waals surface area contributed by atoms with Crippen LogP contribution in [0, 0.1) is 0 Å². The highest BCUT2D eigenvalue weighted by molar-refractivity contribution is 7.89. The van der Waals surface area contributed by atoms with Crippen LogP contribution < -0.4 is 0 Å². The van der Waals surface area contributed by atoms with Crippen LogP contribution in [0.2, 0.25) is 10.0 Å². The highest BCUT2D eigenvalue weighted by Gasteiger charge is 2.34. The molecule has 0 aliphatic carbocycles. The molecule has 2 aliphatic rings. The Morgan fingerprint density at radius 2 is 1.65 bits per heavy atom. The fourth-order valence-corrected chi connectivity index (χ4v) is 5.65. The fraction of sp³-hybridized carbons (Fsp3) is 0.600. The van der Waals surface area contributed by atoms with Crippen molar-refractivity contribution in [2.75, 3.05) is 26.2 Å². The Morgan fingerprint density at radius 3 is 2.26 bits per heavy atom. The van der Waals surface area contributed by atoms with E-state index in [1.54, 1.807) is 0 Å². The molecule has 0 spiro atoms. The van der Waals surface area contributed by atoms with Gasteiger partial charge in [0.25, 0.3) is 0 Å². The Balaban J connectivity index is 1.77. The van der Waals surface area contributed by atoms with E-state index in [-0.39, 0.29) is 14.9 Å². The number of nitrogens with zero attached hydrogens (tertiary/aromatic N) is 2. The maximum atomic E-state index is 12.8. The van der Waals surface area contributed by atoms with Crippen molar-refractivity contribution in [1.29, 1.82) is 0 Å². The van der Waals surface area contributed by atoms with Crippen LogP contribution in [-0.4, -0.2) is 55.0 Å². The molecule has 128 valence electrons. The number of aromatic hydroxyl groups is 1. The standard InChI is InChI=1S/C15H20Cl2N2O3S/c16-11-9-13(17)15(20)14(10-11)23(21,22)19-7-3-12(4-8-19)18-5-1-2-6-18/h9-10,12,20H,1-8H2. The van der Waals surface area contributed by atoms with Crippen molar-refractivity contribution in [2.45, 2.75) is 36.6 Å².